The Kier molecular flexibility index (Phi) is 4.05. The molecule has 27 heavy (non-hydrogen) atoms. The third kappa shape index (κ3) is 2.81. The van der Waals surface area contributed by atoms with Crippen LogP contribution in [0.4, 0.5) is 10.5 Å². The van der Waals surface area contributed by atoms with Gasteiger partial charge in [0.25, 0.3) is 0 Å². The van der Waals surface area contributed by atoms with Crippen LogP contribution in [0.2, 0.25) is 0 Å². The smallest absolute Gasteiger partial charge is 0.328 e. The predicted octanol–water partition coefficient (Wildman–Crippen LogP) is 2.85. The zero-order valence-electron chi connectivity index (χ0n) is 15.9. The topological polar surface area (TPSA) is 85.3 Å². The van der Waals surface area contributed by atoms with Crippen LogP contribution in [-0.4, -0.2) is 31.8 Å². The second kappa shape index (κ2) is 6.29. The summed E-state index contributed by atoms with van der Waals surface area (Å²) in [5, 5.41) is 6.95. The highest BCUT2D eigenvalue weighted by molar-refractivity contribution is 5.93. The van der Waals surface area contributed by atoms with Crippen LogP contribution in [0.1, 0.15) is 35.9 Å². The van der Waals surface area contributed by atoms with Gasteiger partial charge in [-0.25, -0.2) is 9.59 Å². The van der Waals surface area contributed by atoms with E-state index in [1.54, 1.807) is 28.1 Å². The Morgan fingerprint density at radius 1 is 1.19 bits per heavy atom. The largest absolute Gasteiger partial charge is 0.359 e. The van der Waals surface area contributed by atoms with Crippen LogP contribution in [0.25, 0.3) is 11.0 Å². The molecule has 142 valence electrons. The summed E-state index contributed by atoms with van der Waals surface area (Å²) >= 11 is 0. The van der Waals surface area contributed by atoms with Gasteiger partial charge < -0.3 is 14.7 Å². The number of anilines is 1. The quantitative estimate of drug-likeness (QED) is 0.753. The van der Waals surface area contributed by atoms with E-state index in [4.69, 9.17) is 4.52 Å². The average molecular weight is 369 g/mol. The lowest BCUT2D eigenvalue weighted by Crippen LogP contribution is -2.34. The first kappa shape index (κ1) is 17.4. The molecular weight excluding hydrogens is 346 g/mol. The van der Waals surface area contributed by atoms with Gasteiger partial charge in [0, 0.05) is 32.4 Å². The molecule has 0 spiro atoms. The minimum Gasteiger partial charge on any atom is -0.359 e. The molecule has 8 nitrogen and oxygen atoms in total. The lowest BCUT2D eigenvalue weighted by molar-refractivity contribution is 0.195. The monoisotopic (exact) mass is 369 g/mol. The van der Waals surface area contributed by atoms with Crippen molar-refractivity contribution in [2.24, 2.45) is 14.1 Å². The lowest BCUT2D eigenvalue weighted by atomic mass is 10.1. The third-order valence-corrected chi connectivity index (χ3v) is 5.35. The normalized spacial score (nSPS) is 17.0. The van der Waals surface area contributed by atoms with Crippen LogP contribution in [0.5, 0.6) is 0 Å². The molecular formula is C19H23N5O3. The highest BCUT2D eigenvalue weighted by atomic mass is 16.5. The molecule has 1 saturated heterocycles. The number of nitrogens with one attached hydrogen (secondary N) is 1. The molecule has 4 rings (SSSR count). The maximum Gasteiger partial charge on any atom is 0.328 e. The first-order chi connectivity index (χ1) is 12.9. The van der Waals surface area contributed by atoms with Crippen molar-refractivity contribution < 1.29 is 9.32 Å². The zero-order valence-corrected chi connectivity index (χ0v) is 15.9. The second-order valence-electron chi connectivity index (χ2n) is 7.21. The van der Waals surface area contributed by atoms with E-state index in [2.05, 4.69) is 10.5 Å². The number of benzene rings is 1. The third-order valence-electron chi connectivity index (χ3n) is 5.35. The highest BCUT2D eigenvalue weighted by Gasteiger charge is 2.33. The SMILES string of the molecule is Cc1cc([C@@H]2CCCN2C(=O)Nc2cc3c(cc2C)n(C)c(=O)n3C)on1. The molecule has 1 fully saturated rings. The Bertz CT molecular complexity index is 1090. The van der Waals surface area contributed by atoms with E-state index in [0.29, 0.717) is 12.2 Å². The molecule has 0 saturated carbocycles. The minimum atomic E-state index is -0.171. The van der Waals surface area contributed by atoms with Gasteiger partial charge in [0.05, 0.1) is 22.8 Å². The van der Waals surface area contributed by atoms with Crippen LogP contribution in [0.3, 0.4) is 0 Å². The number of imidazole rings is 1. The summed E-state index contributed by atoms with van der Waals surface area (Å²) in [4.78, 5) is 26.9. The molecule has 1 aliphatic rings. The molecule has 1 N–H and O–H groups in total. The van der Waals surface area contributed by atoms with Crippen molar-refractivity contribution >= 4 is 22.8 Å². The van der Waals surface area contributed by atoms with E-state index in [-0.39, 0.29) is 17.8 Å². The minimum absolute atomic E-state index is 0.0897. The number of urea groups is 1. The summed E-state index contributed by atoms with van der Waals surface area (Å²) in [6.07, 6.45) is 1.77. The maximum atomic E-state index is 12.9. The van der Waals surface area contributed by atoms with Crippen molar-refractivity contribution in [3.8, 4) is 0 Å². The van der Waals surface area contributed by atoms with E-state index in [0.717, 1.165) is 40.9 Å². The standard InChI is InChI=1S/C19H23N5O3/c1-11-8-15-16(23(4)19(26)22(15)3)10-13(11)20-18(25)24-7-5-6-14(24)17-9-12(2)21-27-17/h8-10,14H,5-7H2,1-4H3,(H,20,25)/t14-/m0/s1. The van der Waals surface area contributed by atoms with Gasteiger partial charge in [0.2, 0.25) is 0 Å². The van der Waals surface area contributed by atoms with Crippen molar-refractivity contribution in [2.45, 2.75) is 32.7 Å². The number of carbonyl (C=O) groups excluding carboxylic acids is 1. The van der Waals surface area contributed by atoms with Crippen LogP contribution < -0.4 is 11.0 Å². The number of aromatic nitrogens is 3. The van der Waals surface area contributed by atoms with Gasteiger partial charge in [-0.05, 0) is 44.4 Å². The lowest BCUT2D eigenvalue weighted by Gasteiger charge is -2.23. The molecule has 3 heterocycles. The number of likely N-dealkylation sites (tertiary alicyclic amines) is 1. The molecule has 2 aromatic heterocycles. The van der Waals surface area contributed by atoms with Crippen LogP contribution in [0.15, 0.2) is 27.5 Å². The summed E-state index contributed by atoms with van der Waals surface area (Å²) < 4.78 is 8.57. The number of rotatable bonds is 2. The summed E-state index contributed by atoms with van der Waals surface area (Å²) in [5.41, 5.74) is 3.95. The fourth-order valence-corrected chi connectivity index (χ4v) is 3.82. The van der Waals surface area contributed by atoms with Crippen molar-refractivity contribution in [1.29, 1.82) is 0 Å². The van der Waals surface area contributed by atoms with Gasteiger partial charge in [0.1, 0.15) is 0 Å². The first-order valence-corrected chi connectivity index (χ1v) is 9.03. The van der Waals surface area contributed by atoms with Crippen LogP contribution in [-0.2, 0) is 14.1 Å². The van der Waals surface area contributed by atoms with E-state index >= 15 is 0 Å². The molecule has 0 radical (unpaired) electrons. The van der Waals surface area contributed by atoms with Gasteiger partial charge >= 0.3 is 11.7 Å². The van der Waals surface area contributed by atoms with E-state index in [1.165, 1.54) is 0 Å². The fraction of sp³-hybridized carbons (Fsp3) is 0.421. The predicted molar refractivity (Wildman–Crippen MR) is 102 cm³/mol. The van der Waals surface area contributed by atoms with Crippen molar-refractivity contribution in [3.05, 3.63) is 45.7 Å². The summed E-state index contributed by atoms with van der Waals surface area (Å²) in [6.45, 7) is 4.46. The summed E-state index contributed by atoms with van der Waals surface area (Å²) in [7, 11) is 3.48. The van der Waals surface area contributed by atoms with E-state index < -0.39 is 0 Å². The molecule has 2 amide bonds. The van der Waals surface area contributed by atoms with Crippen molar-refractivity contribution in [1.82, 2.24) is 19.2 Å². The highest BCUT2D eigenvalue weighted by Crippen LogP contribution is 2.33. The van der Waals surface area contributed by atoms with E-state index in [1.807, 2.05) is 32.0 Å². The molecule has 0 bridgehead atoms. The molecule has 1 aliphatic heterocycles. The maximum absolute atomic E-state index is 12.9. The van der Waals surface area contributed by atoms with Gasteiger partial charge in [0.15, 0.2) is 5.76 Å². The number of carbonyl (C=O) groups is 1. The number of amides is 2. The van der Waals surface area contributed by atoms with Crippen molar-refractivity contribution in [3.63, 3.8) is 0 Å². The first-order valence-electron chi connectivity index (χ1n) is 9.03. The molecule has 1 aromatic carbocycles. The van der Waals surface area contributed by atoms with Gasteiger partial charge in [-0.15, -0.1) is 0 Å². The van der Waals surface area contributed by atoms with E-state index in [9.17, 15) is 9.59 Å². The Labute approximate surface area is 156 Å². The molecule has 1 atom stereocenters. The van der Waals surface area contributed by atoms with Crippen LogP contribution in [0, 0.1) is 13.8 Å². The molecule has 3 aromatic rings. The Hall–Kier alpha value is -3.03. The number of hydrogen-bond acceptors (Lipinski definition) is 4. The Morgan fingerprint density at radius 2 is 1.89 bits per heavy atom. The summed E-state index contributed by atoms with van der Waals surface area (Å²) in [6, 6.07) is 5.39. The van der Waals surface area contributed by atoms with Gasteiger partial charge in [-0.3, -0.25) is 9.13 Å². The van der Waals surface area contributed by atoms with Crippen LogP contribution >= 0.6 is 0 Å². The fourth-order valence-electron chi connectivity index (χ4n) is 3.82. The second-order valence-corrected chi connectivity index (χ2v) is 7.21. The zero-order chi connectivity index (χ0) is 19.3. The number of nitrogens with zero attached hydrogens (tertiary/aromatic N) is 4. The summed E-state index contributed by atoms with van der Waals surface area (Å²) in [5.74, 6) is 0.720. The number of hydrogen-bond donors (Lipinski definition) is 1. The Balaban J connectivity index is 1.63. The van der Waals surface area contributed by atoms with Gasteiger partial charge in [-0.1, -0.05) is 5.16 Å². The molecule has 8 heteroatoms. The molecule has 0 unspecified atom stereocenters. The number of aryl methyl sites for hydroxylation is 4. The van der Waals surface area contributed by atoms with Crippen molar-refractivity contribution in [2.75, 3.05) is 11.9 Å². The number of fused-ring (bicyclic) bond motifs is 1. The van der Waals surface area contributed by atoms with Gasteiger partial charge in [-0.2, -0.15) is 0 Å². The average Bonchev–Trinajstić information content (AvgIpc) is 3.33. The molecule has 0 aliphatic carbocycles. The Morgan fingerprint density at radius 3 is 2.56 bits per heavy atom.